The molecule has 4 nitrogen and oxygen atoms in total. The average Bonchev–Trinajstić information content (AvgIpc) is 2.64. The van der Waals surface area contributed by atoms with Crippen molar-refractivity contribution in [3.8, 4) is 5.75 Å². The Hall–Kier alpha value is -2.30. The van der Waals surface area contributed by atoms with E-state index in [0.29, 0.717) is 0 Å². The van der Waals surface area contributed by atoms with E-state index in [1.807, 2.05) is 54.6 Å². The SMILES string of the molecule is COc1cccc(NC(=O)C2=CCN(Cc3ccc(Cl)cc3)CC2)c1. The first-order chi connectivity index (χ1) is 12.1. The number of ether oxygens (including phenoxy) is 1. The third-order valence-corrected chi connectivity index (χ3v) is 4.48. The van der Waals surface area contributed by atoms with Crippen molar-refractivity contribution >= 4 is 23.2 Å². The molecule has 0 bridgehead atoms. The van der Waals surface area contributed by atoms with Crippen LogP contribution in [0.2, 0.25) is 5.02 Å². The first-order valence-corrected chi connectivity index (χ1v) is 8.63. The Morgan fingerprint density at radius 2 is 2.04 bits per heavy atom. The van der Waals surface area contributed by atoms with E-state index < -0.39 is 0 Å². The molecule has 1 N–H and O–H groups in total. The number of nitrogens with one attached hydrogen (secondary N) is 1. The molecule has 2 aromatic rings. The van der Waals surface area contributed by atoms with Crippen LogP contribution in [-0.2, 0) is 11.3 Å². The van der Waals surface area contributed by atoms with Gasteiger partial charge in [-0.3, -0.25) is 9.69 Å². The Labute approximate surface area is 153 Å². The van der Waals surface area contributed by atoms with E-state index >= 15 is 0 Å². The maximum Gasteiger partial charge on any atom is 0.251 e. The minimum Gasteiger partial charge on any atom is -0.497 e. The van der Waals surface area contributed by atoms with Gasteiger partial charge in [-0.1, -0.05) is 35.9 Å². The predicted octanol–water partition coefficient (Wildman–Crippen LogP) is 4.12. The lowest BCUT2D eigenvalue weighted by atomic mass is 10.1. The van der Waals surface area contributed by atoms with Gasteiger partial charge >= 0.3 is 0 Å². The molecule has 1 aliphatic heterocycles. The van der Waals surface area contributed by atoms with Gasteiger partial charge in [-0.25, -0.2) is 0 Å². The highest BCUT2D eigenvalue weighted by Crippen LogP contribution is 2.20. The van der Waals surface area contributed by atoms with Crippen molar-refractivity contribution in [1.82, 2.24) is 4.90 Å². The van der Waals surface area contributed by atoms with Crippen molar-refractivity contribution in [1.29, 1.82) is 0 Å². The van der Waals surface area contributed by atoms with Gasteiger partial charge in [0.15, 0.2) is 0 Å². The molecule has 5 heteroatoms. The van der Waals surface area contributed by atoms with Crippen LogP contribution in [0.4, 0.5) is 5.69 Å². The van der Waals surface area contributed by atoms with Gasteiger partial charge in [0.2, 0.25) is 0 Å². The molecule has 0 aromatic heterocycles. The topological polar surface area (TPSA) is 41.6 Å². The third-order valence-electron chi connectivity index (χ3n) is 4.23. The number of hydrogen-bond acceptors (Lipinski definition) is 3. The molecular weight excluding hydrogens is 336 g/mol. The van der Waals surface area contributed by atoms with E-state index in [9.17, 15) is 4.79 Å². The van der Waals surface area contributed by atoms with Crippen molar-refractivity contribution < 1.29 is 9.53 Å². The first-order valence-electron chi connectivity index (χ1n) is 8.25. The Kier molecular flexibility index (Phi) is 5.74. The van der Waals surface area contributed by atoms with Crippen LogP contribution in [0.25, 0.3) is 0 Å². The molecule has 0 aliphatic carbocycles. The van der Waals surface area contributed by atoms with Gasteiger partial charge in [0.05, 0.1) is 7.11 Å². The van der Waals surface area contributed by atoms with Crippen molar-refractivity contribution in [2.45, 2.75) is 13.0 Å². The predicted molar refractivity (Wildman–Crippen MR) is 101 cm³/mol. The van der Waals surface area contributed by atoms with Crippen molar-refractivity contribution in [3.05, 3.63) is 70.8 Å². The number of halogens is 1. The molecule has 130 valence electrons. The van der Waals surface area contributed by atoms with Crippen LogP contribution in [0.1, 0.15) is 12.0 Å². The molecule has 0 unspecified atom stereocenters. The normalized spacial score (nSPS) is 14.7. The zero-order valence-corrected chi connectivity index (χ0v) is 14.9. The van der Waals surface area contributed by atoms with E-state index in [2.05, 4.69) is 10.2 Å². The molecule has 0 radical (unpaired) electrons. The Morgan fingerprint density at radius 3 is 2.72 bits per heavy atom. The second-order valence-electron chi connectivity index (χ2n) is 6.03. The van der Waals surface area contributed by atoms with E-state index in [-0.39, 0.29) is 5.91 Å². The van der Waals surface area contributed by atoms with Crippen LogP contribution in [0.3, 0.4) is 0 Å². The van der Waals surface area contributed by atoms with Gasteiger partial charge in [-0.15, -0.1) is 0 Å². The molecule has 1 heterocycles. The van der Waals surface area contributed by atoms with Gasteiger partial charge in [0, 0.05) is 42.0 Å². The van der Waals surface area contributed by atoms with Gasteiger partial charge < -0.3 is 10.1 Å². The van der Waals surface area contributed by atoms with E-state index in [4.69, 9.17) is 16.3 Å². The van der Waals surface area contributed by atoms with Crippen LogP contribution >= 0.6 is 11.6 Å². The highest BCUT2D eigenvalue weighted by molar-refractivity contribution is 6.30. The summed E-state index contributed by atoms with van der Waals surface area (Å²) in [6.07, 6.45) is 2.75. The second kappa shape index (κ2) is 8.19. The number of methoxy groups -OCH3 is 1. The maximum atomic E-state index is 12.4. The van der Waals surface area contributed by atoms with E-state index in [1.165, 1.54) is 5.56 Å². The zero-order valence-electron chi connectivity index (χ0n) is 14.2. The maximum absolute atomic E-state index is 12.4. The Bertz CT molecular complexity index is 772. The van der Waals surface area contributed by atoms with Gasteiger partial charge in [-0.2, -0.15) is 0 Å². The molecule has 1 aliphatic rings. The number of benzene rings is 2. The summed E-state index contributed by atoms with van der Waals surface area (Å²) in [7, 11) is 1.61. The highest BCUT2D eigenvalue weighted by Gasteiger charge is 2.17. The monoisotopic (exact) mass is 356 g/mol. The summed E-state index contributed by atoms with van der Waals surface area (Å²) in [5.41, 5.74) is 2.80. The van der Waals surface area contributed by atoms with Crippen molar-refractivity contribution in [2.24, 2.45) is 0 Å². The van der Waals surface area contributed by atoms with Gasteiger partial charge in [0.25, 0.3) is 5.91 Å². The Balaban J connectivity index is 1.56. The lowest BCUT2D eigenvalue weighted by Crippen LogP contribution is -2.31. The molecule has 0 fully saturated rings. The molecule has 25 heavy (non-hydrogen) atoms. The van der Waals surface area contributed by atoms with Crippen LogP contribution in [0.5, 0.6) is 5.75 Å². The first kappa shape index (κ1) is 17.5. The molecular formula is C20H21ClN2O2. The number of rotatable bonds is 5. The smallest absolute Gasteiger partial charge is 0.251 e. The lowest BCUT2D eigenvalue weighted by molar-refractivity contribution is -0.113. The fraction of sp³-hybridized carbons (Fsp3) is 0.250. The number of carbonyl (C=O) groups excluding carboxylic acids is 1. The quantitative estimate of drug-likeness (QED) is 0.876. The standard InChI is InChI=1S/C20H21ClN2O2/c1-25-19-4-2-3-18(13-19)22-20(24)16-9-11-23(12-10-16)14-15-5-7-17(21)8-6-15/h2-9,13H,10-12,14H2,1H3,(H,22,24). The number of hydrogen-bond donors (Lipinski definition) is 1. The van der Waals surface area contributed by atoms with Gasteiger partial charge in [0.1, 0.15) is 5.75 Å². The summed E-state index contributed by atoms with van der Waals surface area (Å²) in [5.74, 6) is 0.684. The van der Waals surface area contributed by atoms with Crippen LogP contribution in [-0.4, -0.2) is 31.0 Å². The summed E-state index contributed by atoms with van der Waals surface area (Å²) in [5, 5.41) is 3.69. The summed E-state index contributed by atoms with van der Waals surface area (Å²) >= 11 is 5.92. The van der Waals surface area contributed by atoms with Gasteiger partial charge in [-0.05, 0) is 36.2 Å². The largest absolute Gasteiger partial charge is 0.497 e. The Morgan fingerprint density at radius 1 is 1.24 bits per heavy atom. The third kappa shape index (κ3) is 4.84. The zero-order chi connectivity index (χ0) is 17.6. The molecule has 0 saturated carbocycles. The number of anilines is 1. The van der Waals surface area contributed by atoms with Crippen LogP contribution < -0.4 is 10.1 Å². The minimum atomic E-state index is -0.0422. The number of carbonyl (C=O) groups is 1. The van der Waals surface area contributed by atoms with E-state index in [0.717, 1.165) is 48.1 Å². The molecule has 0 saturated heterocycles. The molecule has 0 spiro atoms. The second-order valence-corrected chi connectivity index (χ2v) is 6.46. The fourth-order valence-corrected chi connectivity index (χ4v) is 2.95. The summed E-state index contributed by atoms with van der Waals surface area (Å²) in [4.78, 5) is 14.7. The van der Waals surface area contributed by atoms with Crippen LogP contribution in [0.15, 0.2) is 60.2 Å². The number of amides is 1. The lowest BCUT2D eigenvalue weighted by Gasteiger charge is -2.26. The molecule has 1 amide bonds. The van der Waals surface area contributed by atoms with Crippen LogP contribution in [0, 0.1) is 0 Å². The molecule has 2 aromatic carbocycles. The number of nitrogens with zero attached hydrogens (tertiary/aromatic N) is 1. The summed E-state index contributed by atoms with van der Waals surface area (Å²) < 4.78 is 5.18. The summed E-state index contributed by atoms with van der Waals surface area (Å²) in [6, 6.07) is 15.3. The molecule has 0 atom stereocenters. The average molecular weight is 357 g/mol. The molecule has 3 rings (SSSR count). The van der Waals surface area contributed by atoms with E-state index in [1.54, 1.807) is 7.11 Å². The fourth-order valence-electron chi connectivity index (χ4n) is 2.82. The minimum absolute atomic E-state index is 0.0422. The van der Waals surface area contributed by atoms with Crippen molar-refractivity contribution in [2.75, 3.05) is 25.5 Å². The van der Waals surface area contributed by atoms with Crippen molar-refractivity contribution in [3.63, 3.8) is 0 Å². The summed E-state index contributed by atoms with van der Waals surface area (Å²) in [6.45, 7) is 2.49. The highest BCUT2D eigenvalue weighted by atomic mass is 35.5.